The minimum Gasteiger partial charge on any atom is -0.481 e. The Kier molecular flexibility index (Phi) is 5.46. The lowest BCUT2D eigenvalue weighted by Crippen LogP contribution is -2.47. The van der Waals surface area contributed by atoms with Crippen LogP contribution in [0.25, 0.3) is 0 Å². The lowest BCUT2D eigenvalue weighted by Gasteiger charge is -2.35. The Hall–Kier alpha value is -1.92. The second-order valence-electron chi connectivity index (χ2n) is 5.71. The molecule has 0 aromatic carbocycles. The summed E-state index contributed by atoms with van der Waals surface area (Å²) in [7, 11) is 0. The van der Waals surface area contributed by atoms with Crippen LogP contribution in [0.4, 0.5) is 8.78 Å². The van der Waals surface area contributed by atoms with E-state index in [0.29, 0.717) is 0 Å². The number of amides is 1. The molecule has 0 fully saturated rings. The summed E-state index contributed by atoms with van der Waals surface area (Å²) in [6.07, 6.45) is -1.35. The molecule has 0 aliphatic carbocycles. The normalized spacial score (nSPS) is 11.7. The third-order valence-electron chi connectivity index (χ3n) is 2.99. The van der Waals surface area contributed by atoms with E-state index in [0.717, 1.165) is 0 Å². The number of aliphatic carboxylic acids is 1. The Morgan fingerprint density at radius 1 is 1.38 bits per heavy atom. The van der Waals surface area contributed by atoms with Gasteiger partial charge in [-0.05, 0) is 32.9 Å². The molecule has 0 bridgehead atoms. The molecule has 0 spiro atoms. The van der Waals surface area contributed by atoms with E-state index in [1.165, 1.54) is 27.8 Å². The van der Waals surface area contributed by atoms with Gasteiger partial charge in [-0.15, -0.1) is 0 Å². The number of carboxylic acids is 1. The first-order chi connectivity index (χ1) is 9.62. The van der Waals surface area contributed by atoms with Crippen LogP contribution in [0.5, 0.6) is 0 Å². The van der Waals surface area contributed by atoms with Gasteiger partial charge in [0, 0.05) is 18.3 Å². The molecule has 0 atom stereocenters. The van der Waals surface area contributed by atoms with Gasteiger partial charge in [-0.2, -0.15) is 0 Å². The molecular weight excluding hydrogens is 282 g/mol. The first-order valence-corrected chi connectivity index (χ1v) is 6.60. The summed E-state index contributed by atoms with van der Waals surface area (Å²) < 4.78 is 26.2. The molecule has 1 aromatic heterocycles. The lowest BCUT2D eigenvalue weighted by atomic mass is 10.0. The Labute approximate surface area is 122 Å². The van der Waals surface area contributed by atoms with Crippen molar-refractivity contribution in [3.8, 4) is 0 Å². The lowest BCUT2D eigenvalue weighted by molar-refractivity contribution is -0.137. The van der Waals surface area contributed by atoms with Crippen molar-refractivity contribution in [1.82, 2.24) is 9.47 Å². The van der Waals surface area contributed by atoms with Crippen LogP contribution in [-0.2, 0) is 11.3 Å². The van der Waals surface area contributed by atoms with Gasteiger partial charge in [-0.1, -0.05) is 0 Å². The molecule has 0 radical (unpaired) electrons. The number of nitrogens with zero attached hydrogens (tertiary/aromatic N) is 2. The molecule has 7 heteroatoms. The Bertz CT molecular complexity index is 507. The zero-order valence-electron chi connectivity index (χ0n) is 12.3. The van der Waals surface area contributed by atoms with Crippen LogP contribution < -0.4 is 0 Å². The second kappa shape index (κ2) is 6.69. The van der Waals surface area contributed by atoms with E-state index in [-0.39, 0.29) is 18.7 Å². The van der Waals surface area contributed by atoms with E-state index in [9.17, 15) is 18.4 Å². The molecule has 1 aromatic rings. The quantitative estimate of drug-likeness (QED) is 0.878. The Morgan fingerprint density at radius 2 is 2.00 bits per heavy atom. The van der Waals surface area contributed by atoms with Gasteiger partial charge in [0.2, 0.25) is 0 Å². The van der Waals surface area contributed by atoms with Gasteiger partial charge in [-0.25, -0.2) is 8.78 Å². The van der Waals surface area contributed by atoms with Gasteiger partial charge >= 0.3 is 5.97 Å². The minimum absolute atomic E-state index is 0.0253. The fraction of sp³-hybridized carbons (Fsp3) is 0.571. The molecule has 0 saturated heterocycles. The average Bonchev–Trinajstić information content (AvgIpc) is 2.73. The predicted molar refractivity (Wildman–Crippen MR) is 73.5 cm³/mol. The minimum atomic E-state index is -2.56. The van der Waals surface area contributed by atoms with Crippen LogP contribution in [0.1, 0.15) is 37.7 Å². The van der Waals surface area contributed by atoms with Gasteiger partial charge in [0.1, 0.15) is 5.69 Å². The molecule has 5 nitrogen and oxygen atoms in total. The predicted octanol–water partition coefficient (Wildman–Crippen LogP) is 2.47. The number of hydrogen-bond donors (Lipinski definition) is 1. The number of carbonyl (C=O) groups is 2. The summed E-state index contributed by atoms with van der Waals surface area (Å²) in [6.45, 7) is 4.77. The van der Waals surface area contributed by atoms with Crippen molar-refractivity contribution in [3.63, 3.8) is 0 Å². The van der Waals surface area contributed by atoms with Gasteiger partial charge < -0.3 is 14.6 Å². The largest absolute Gasteiger partial charge is 0.481 e. The highest BCUT2D eigenvalue weighted by Gasteiger charge is 2.29. The summed E-state index contributed by atoms with van der Waals surface area (Å²) in [5.41, 5.74) is -0.470. The first-order valence-electron chi connectivity index (χ1n) is 6.60. The molecule has 1 N–H and O–H groups in total. The van der Waals surface area contributed by atoms with E-state index < -0.39 is 30.4 Å². The smallest absolute Gasteiger partial charge is 0.305 e. The molecule has 118 valence electrons. The molecule has 0 aliphatic heterocycles. The van der Waals surface area contributed by atoms with Crippen LogP contribution in [0.3, 0.4) is 0 Å². The Balaban J connectivity index is 3.00. The van der Waals surface area contributed by atoms with Crippen molar-refractivity contribution in [3.05, 3.63) is 24.0 Å². The zero-order chi connectivity index (χ0) is 16.2. The van der Waals surface area contributed by atoms with Gasteiger partial charge in [0.25, 0.3) is 12.3 Å². The van der Waals surface area contributed by atoms with Crippen LogP contribution in [-0.4, -0.2) is 45.0 Å². The molecule has 0 aliphatic rings. The van der Waals surface area contributed by atoms with Crippen molar-refractivity contribution >= 4 is 11.9 Å². The SMILES string of the molecule is CC(C)(C)N(CCC(=O)O)C(=O)c1cccn1CC(F)F. The molecular formula is C14H20F2N2O3. The highest BCUT2D eigenvalue weighted by Crippen LogP contribution is 2.19. The van der Waals surface area contributed by atoms with E-state index >= 15 is 0 Å². The van der Waals surface area contributed by atoms with E-state index in [1.807, 2.05) is 0 Å². The maximum Gasteiger partial charge on any atom is 0.305 e. The maximum absolute atomic E-state index is 12.5. The second-order valence-corrected chi connectivity index (χ2v) is 5.71. The fourth-order valence-electron chi connectivity index (χ4n) is 2.00. The van der Waals surface area contributed by atoms with E-state index in [4.69, 9.17) is 5.11 Å². The summed E-state index contributed by atoms with van der Waals surface area (Å²) in [6, 6.07) is 2.98. The van der Waals surface area contributed by atoms with Crippen molar-refractivity contribution < 1.29 is 23.5 Å². The molecule has 1 heterocycles. The number of carboxylic acid groups (broad SMARTS) is 1. The van der Waals surface area contributed by atoms with Crippen LogP contribution in [0.15, 0.2) is 18.3 Å². The monoisotopic (exact) mass is 302 g/mol. The molecule has 0 saturated carbocycles. The zero-order valence-corrected chi connectivity index (χ0v) is 12.3. The third kappa shape index (κ3) is 4.84. The molecule has 1 amide bonds. The summed E-state index contributed by atoms with van der Waals surface area (Å²) in [4.78, 5) is 24.6. The van der Waals surface area contributed by atoms with Gasteiger partial charge in [0.05, 0.1) is 13.0 Å². The van der Waals surface area contributed by atoms with E-state index in [2.05, 4.69) is 0 Å². The number of carbonyl (C=O) groups excluding carboxylic acids is 1. The van der Waals surface area contributed by atoms with Gasteiger partial charge in [0.15, 0.2) is 0 Å². The standard InChI is InChI=1S/C14H20F2N2O3/c1-14(2,3)18(8-6-12(19)20)13(21)10-5-4-7-17(10)9-11(15)16/h4-5,7,11H,6,8-9H2,1-3H3,(H,19,20). The first kappa shape index (κ1) is 17.1. The van der Waals surface area contributed by atoms with Crippen LogP contribution in [0.2, 0.25) is 0 Å². The number of alkyl halides is 2. The summed E-state index contributed by atoms with van der Waals surface area (Å²) >= 11 is 0. The van der Waals surface area contributed by atoms with Gasteiger partial charge in [-0.3, -0.25) is 9.59 Å². The summed E-state index contributed by atoms with van der Waals surface area (Å²) in [5.74, 6) is -1.46. The van der Waals surface area contributed by atoms with Crippen molar-refractivity contribution in [1.29, 1.82) is 0 Å². The summed E-state index contributed by atoms with van der Waals surface area (Å²) in [5, 5.41) is 8.77. The van der Waals surface area contributed by atoms with Crippen molar-refractivity contribution in [2.45, 2.75) is 45.7 Å². The number of halogens is 2. The Morgan fingerprint density at radius 3 is 2.48 bits per heavy atom. The topological polar surface area (TPSA) is 62.5 Å². The average molecular weight is 302 g/mol. The highest BCUT2D eigenvalue weighted by atomic mass is 19.3. The van der Waals surface area contributed by atoms with Crippen LogP contribution >= 0.6 is 0 Å². The molecule has 0 unspecified atom stereocenters. The molecule has 1 rings (SSSR count). The molecule has 21 heavy (non-hydrogen) atoms. The van der Waals surface area contributed by atoms with Crippen molar-refractivity contribution in [2.24, 2.45) is 0 Å². The number of aromatic nitrogens is 1. The van der Waals surface area contributed by atoms with E-state index in [1.54, 1.807) is 20.8 Å². The van der Waals surface area contributed by atoms with Crippen LogP contribution in [0, 0.1) is 0 Å². The maximum atomic E-state index is 12.5. The number of rotatable bonds is 6. The number of hydrogen-bond acceptors (Lipinski definition) is 2. The van der Waals surface area contributed by atoms with Crippen molar-refractivity contribution in [2.75, 3.05) is 6.54 Å². The fourth-order valence-corrected chi connectivity index (χ4v) is 2.00. The highest BCUT2D eigenvalue weighted by molar-refractivity contribution is 5.93. The third-order valence-corrected chi connectivity index (χ3v) is 2.99.